The number of nitrogens with zero attached hydrogens (tertiary/aromatic N) is 3. The lowest BCUT2D eigenvalue weighted by atomic mass is 9.94. The summed E-state index contributed by atoms with van der Waals surface area (Å²) in [6, 6.07) is 3.41. The molecule has 0 aliphatic carbocycles. The number of halogens is 2. The fourth-order valence-electron chi connectivity index (χ4n) is 3.66. The van der Waals surface area contributed by atoms with Crippen LogP contribution in [0.2, 0.25) is 0 Å². The summed E-state index contributed by atoms with van der Waals surface area (Å²) in [4.78, 5) is 17.4. The Balaban J connectivity index is 1.77. The topological polar surface area (TPSA) is 60.6 Å². The van der Waals surface area contributed by atoms with E-state index in [9.17, 15) is 8.78 Å². The predicted molar refractivity (Wildman–Crippen MR) is 93.6 cm³/mol. The molecule has 1 aliphatic heterocycles. The maximum atomic E-state index is 14.6. The quantitative estimate of drug-likeness (QED) is 0.752. The molecule has 0 saturated carbocycles. The lowest BCUT2D eigenvalue weighted by Gasteiger charge is -2.35. The summed E-state index contributed by atoms with van der Waals surface area (Å²) in [6.07, 6.45) is 3.16. The molecule has 3 heterocycles. The molecule has 26 heavy (non-hydrogen) atoms. The van der Waals surface area contributed by atoms with Crippen LogP contribution in [0.25, 0.3) is 0 Å². The molecular weight excluding hydrogens is 336 g/mol. The zero-order valence-corrected chi connectivity index (χ0v) is 14.8. The summed E-state index contributed by atoms with van der Waals surface area (Å²) in [7, 11) is 0. The van der Waals surface area contributed by atoms with E-state index in [1.54, 1.807) is 6.33 Å². The van der Waals surface area contributed by atoms with Crippen molar-refractivity contribution in [2.75, 3.05) is 6.54 Å². The van der Waals surface area contributed by atoms with Crippen molar-refractivity contribution < 1.29 is 8.78 Å². The lowest BCUT2D eigenvalue weighted by Crippen LogP contribution is -2.37. The van der Waals surface area contributed by atoms with Crippen LogP contribution in [0.5, 0.6) is 0 Å². The Kier molecular flexibility index (Phi) is 4.32. The first-order chi connectivity index (χ1) is 12.6. The Labute approximate surface area is 150 Å². The van der Waals surface area contributed by atoms with Gasteiger partial charge in [0.05, 0.1) is 23.8 Å². The second kappa shape index (κ2) is 6.64. The Morgan fingerprint density at radius 3 is 2.73 bits per heavy atom. The molecule has 0 fully saturated rings. The molecule has 2 aromatic heterocycles. The Morgan fingerprint density at radius 1 is 1.27 bits per heavy atom. The highest BCUT2D eigenvalue weighted by atomic mass is 19.1. The first-order valence-electron chi connectivity index (χ1n) is 8.83. The summed E-state index contributed by atoms with van der Waals surface area (Å²) in [6.45, 7) is 5.19. The fraction of sp³-hybridized carbons (Fsp3) is 0.368. The highest BCUT2D eigenvalue weighted by molar-refractivity contribution is 5.35. The standard InChI is InChI=1S/C19H21F2N5/c1-3-16-24-11(2)15(25-16)9-26-8-7-14-18(23-10-22-14)19(26)17-12(20)5-4-6-13(17)21/h4-6,10,19H,3,7-9H2,1-2H3,(H,22,23)(H,24,25)/t19-/m0/s1. The van der Waals surface area contributed by atoms with Gasteiger partial charge in [0.15, 0.2) is 0 Å². The van der Waals surface area contributed by atoms with Gasteiger partial charge in [-0.25, -0.2) is 18.7 Å². The number of rotatable bonds is 4. The molecule has 0 spiro atoms. The lowest BCUT2D eigenvalue weighted by molar-refractivity contribution is 0.190. The van der Waals surface area contributed by atoms with E-state index in [0.717, 1.165) is 35.7 Å². The van der Waals surface area contributed by atoms with Gasteiger partial charge < -0.3 is 9.97 Å². The summed E-state index contributed by atoms with van der Waals surface area (Å²) < 4.78 is 29.1. The van der Waals surface area contributed by atoms with E-state index in [2.05, 4.69) is 19.9 Å². The highest BCUT2D eigenvalue weighted by Crippen LogP contribution is 2.36. The maximum absolute atomic E-state index is 14.6. The van der Waals surface area contributed by atoms with Gasteiger partial charge in [-0.15, -0.1) is 0 Å². The van der Waals surface area contributed by atoms with Crippen LogP contribution >= 0.6 is 0 Å². The molecule has 4 rings (SSSR count). The maximum Gasteiger partial charge on any atom is 0.131 e. The van der Waals surface area contributed by atoms with E-state index in [1.807, 2.05) is 18.7 Å². The number of fused-ring (bicyclic) bond motifs is 1. The molecule has 3 aromatic rings. The average molecular weight is 357 g/mol. The van der Waals surface area contributed by atoms with Gasteiger partial charge in [-0.05, 0) is 19.1 Å². The number of hydrogen-bond donors (Lipinski definition) is 2. The van der Waals surface area contributed by atoms with Crippen LogP contribution in [0.15, 0.2) is 24.5 Å². The molecule has 2 N–H and O–H groups in total. The SMILES string of the molecule is CCc1nc(CN2CCc3[nH]cnc3[C@@H]2c2c(F)cccc2F)c(C)[nH]1. The molecule has 1 atom stereocenters. The first-order valence-corrected chi connectivity index (χ1v) is 8.83. The van der Waals surface area contributed by atoms with Gasteiger partial charge in [0, 0.05) is 42.9 Å². The van der Waals surface area contributed by atoms with Gasteiger partial charge in [0.2, 0.25) is 0 Å². The molecule has 0 saturated heterocycles. The normalized spacial score (nSPS) is 17.5. The number of H-pyrrole nitrogens is 2. The van der Waals surface area contributed by atoms with Crippen molar-refractivity contribution >= 4 is 0 Å². The summed E-state index contributed by atoms with van der Waals surface area (Å²) in [5, 5.41) is 0. The van der Waals surface area contributed by atoms with Gasteiger partial charge in [-0.2, -0.15) is 0 Å². The fourth-order valence-corrected chi connectivity index (χ4v) is 3.66. The van der Waals surface area contributed by atoms with Crippen LogP contribution in [-0.2, 0) is 19.4 Å². The van der Waals surface area contributed by atoms with Crippen molar-refractivity contribution in [2.24, 2.45) is 0 Å². The third kappa shape index (κ3) is 2.82. The van der Waals surface area contributed by atoms with Crippen molar-refractivity contribution in [3.8, 4) is 0 Å². The van der Waals surface area contributed by atoms with Gasteiger partial charge in [-0.3, -0.25) is 4.90 Å². The van der Waals surface area contributed by atoms with Crippen molar-refractivity contribution in [1.82, 2.24) is 24.8 Å². The number of aromatic nitrogens is 4. The third-order valence-corrected chi connectivity index (χ3v) is 5.02. The van der Waals surface area contributed by atoms with Crippen molar-refractivity contribution in [3.05, 3.63) is 70.3 Å². The summed E-state index contributed by atoms with van der Waals surface area (Å²) >= 11 is 0. The van der Waals surface area contributed by atoms with E-state index in [4.69, 9.17) is 0 Å². The van der Waals surface area contributed by atoms with Crippen LogP contribution in [0.4, 0.5) is 8.78 Å². The molecule has 136 valence electrons. The van der Waals surface area contributed by atoms with Crippen molar-refractivity contribution in [3.63, 3.8) is 0 Å². The van der Waals surface area contributed by atoms with Gasteiger partial charge in [0.1, 0.15) is 17.5 Å². The number of hydrogen-bond acceptors (Lipinski definition) is 3. The van der Waals surface area contributed by atoms with Crippen LogP contribution in [0.3, 0.4) is 0 Å². The molecule has 0 amide bonds. The van der Waals surface area contributed by atoms with Gasteiger partial charge in [-0.1, -0.05) is 13.0 Å². The second-order valence-electron chi connectivity index (χ2n) is 6.63. The molecular formula is C19H21F2N5. The Bertz CT molecular complexity index is 910. The molecule has 0 bridgehead atoms. The Hall–Kier alpha value is -2.54. The molecule has 5 nitrogen and oxygen atoms in total. The predicted octanol–water partition coefficient (Wildman–Crippen LogP) is 3.43. The summed E-state index contributed by atoms with van der Waals surface area (Å²) in [5.41, 5.74) is 3.56. The zero-order valence-electron chi connectivity index (χ0n) is 14.8. The average Bonchev–Trinajstić information content (AvgIpc) is 3.23. The third-order valence-electron chi connectivity index (χ3n) is 5.02. The van der Waals surface area contributed by atoms with E-state index in [-0.39, 0.29) is 5.56 Å². The van der Waals surface area contributed by atoms with Crippen LogP contribution < -0.4 is 0 Å². The molecule has 1 aliphatic rings. The van der Waals surface area contributed by atoms with Crippen molar-refractivity contribution in [2.45, 2.75) is 39.3 Å². The number of nitrogens with one attached hydrogen (secondary N) is 2. The minimum atomic E-state index is -0.577. The zero-order chi connectivity index (χ0) is 18.3. The Morgan fingerprint density at radius 2 is 2.04 bits per heavy atom. The van der Waals surface area contributed by atoms with Crippen LogP contribution in [0, 0.1) is 18.6 Å². The minimum Gasteiger partial charge on any atom is -0.348 e. The monoisotopic (exact) mass is 357 g/mol. The molecule has 1 aromatic carbocycles. The van der Waals surface area contributed by atoms with E-state index < -0.39 is 17.7 Å². The van der Waals surface area contributed by atoms with Crippen LogP contribution in [0.1, 0.15) is 47.1 Å². The van der Waals surface area contributed by atoms with Gasteiger partial charge >= 0.3 is 0 Å². The van der Waals surface area contributed by atoms with E-state index in [1.165, 1.54) is 18.2 Å². The number of aryl methyl sites for hydroxylation is 2. The highest BCUT2D eigenvalue weighted by Gasteiger charge is 2.35. The molecule has 0 radical (unpaired) electrons. The van der Waals surface area contributed by atoms with Gasteiger partial charge in [0.25, 0.3) is 0 Å². The van der Waals surface area contributed by atoms with E-state index >= 15 is 0 Å². The number of imidazole rings is 2. The molecule has 7 heteroatoms. The van der Waals surface area contributed by atoms with Crippen molar-refractivity contribution in [1.29, 1.82) is 0 Å². The minimum absolute atomic E-state index is 0.0458. The molecule has 0 unspecified atom stereocenters. The second-order valence-corrected chi connectivity index (χ2v) is 6.63. The largest absolute Gasteiger partial charge is 0.348 e. The van der Waals surface area contributed by atoms with E-state index in [0.29, 0.717) is 18.8 Å². The summed E-state index contributed by atoms with van der Waals surface area (Å²) in [5.74, 6) is -0.184. The van der Waals surface area contributed by atoms with Crippen LogP contribution in [-0.4, -0.2) is 31.4 Å². The number of benzene rings is 1. The smallest absolute Gasteiger partial charge is 0.131 e. The number of aromatic amines is 2. The first kappa shape index (κ1) is 16.9.